The van der Waals surface area contributed by atoms with Crippen LogP contribution in [0.1, 0.15) is 45.4 Å². The summed E-state index contributed by atoms with van der Waals surface area (Å²) in [4.78, 5) is 0. The van der Waals surface area contributed by atoms with E-state index in [0.717, 1.165) is 36.5 Å². The second kappa shape index (κ2) is 14.6. The molecular formula is C22H32Cl2SiZr-2. The van der Waals surface area contributed by atoms with Gasteiger partial charge in [0.1, 0.15) is 0 Å². The molecule has 26 heavy (non-hydrogen) atoms. The van der Waals surface area contributed by atoms with Crippen LogP contribution in [0.3, 0.4) is 0 Å². The summed E-state index contributed by atoms with van der Waals surface area (Å²) in [6.45, 7) is 6.77. The molecule has 0 nitrogen and oxygen atoms in total. The van der Waals surface area contributed by atoms with Gasteiger partial charge in [-0.15, -0.1) is 18.4 Å². The Morgan fingerprint density at radius 1 is 1.15 bits per heavy atom. The molecule has 4 rings (SSSR count). The standard InChI is InChI=1S/C13H17.C7H9.C2H6Si.2ClH.Zr/c1-3-7-12-10(5-1)9-11-6-2-4-8-13(11)12;1-2-7-5-3-4-6-7;1-3-2;;;/h1,3,5,7,9-13H,2,4,6,8H2;3,5H,2,4H2,1H3;1-2H3;2*1H;/q2*-1;;;;+2/p-2. The van der Waals surface area contributed by atoms with Gasteiger partial charge in [-0.25, -0.2) is 11.6 Å². The van der Waals surface area contributed by atoms with Gasteiger partial charge in [0.15, 0.2) is 0 Å². The first-order chi connectivity index (χ1) is 11.6. The Morgan fingerprint density at radius 3 is 2.38 bits per heavy atom. The van der Waals surface area contributed by atoms with Crippen molar-refractivity contribution >= 4 is 5.43 Å². The molecule has 0 heterocycles. The minimum atomic E-state index is 0. The predicted octanol–water partition coefficient (Wildman–Crippen LogP) is 0.247. The van der Waals surface area contributed by atoms with Crippen molar-refractivity contribution in [1.29, 1.82) is 0 Å². The maximum atomic E-state index is 3.21. The maximum Gasteiger partial charge on any atom is -1.00 e. The third kappa shape index (κ3) is 8.76. The van der Waals surface area contributed by atoms with E-state index in [1.54, 1.807) is 23.3 Å². The molecule has 4 aliphatic rings. The second-order valence-electron chi connectivity index (χ2n) is 7.39. The molecule has 0 bridgehead atoms. The minimum absolute atomic E-state index is 0. The Balaban J connectivity index is 0.000000415. The molecule has 4 heteroatoms. The van der Waals surface area contributed by atoms with Crippen molar-refractivity contribution < 1.29 is 48.1 Å². The van der Waals surface area contributed by atoms with Crippen molar-refractivity contribution in [1.82, 2.24) is 0 Å². The predicted molar refractivity (Wildman–Crippen MR) is 103 cm³/mol. The Hall–Kier alpha value is 0.640. The Bertz CT molecular complexity index is 532. The van der Waals surface area contributed by atoms with E-state index in [9.17, 15) is 0 Å². The molecule has 2 fully saturated rings. The van der Waals surface area contributed by atoms with Crippen molar-refractivity contribution in [3.8, 4) is 0 Å². The van der Waals surface area contributed by atoms with E-state index in [0.29, 0.717) is 0 Å². The van der Waals surface area contributed by atoms with E-state index >= 15 is 0 Å². The normalized spacial score (nSPS) is 29.5. The quantitative estimate of drug-likeness (QED) is 0.368. The molecule has 0 spiro atoms. The first-order valence-electron chi connectivity index (χ1n) is 9.59. The fourth-order valence-corrected chi connectivity index (χ4v) is 4.15. The molecule has 0 aromatic rings. The van der Waals surface area contributed by atoms with Gasteiger partial charge in [0, 0.05) is 0 Å². The van der Waals surface area contributed by atoms with Crippen LogP contribution in [-0.4, -0.2) is 5.43 Å². The van der Waals surface area contributed by atoms with Crippen molar-refractivity contribution in [3.05, 3.63) is 54.5 Å². The number of hydrogen-bond donors (Lipinski definition) is 0. The molecular weight excluding hydrogens is 454 g/mol. The molecule has 0 amide bonds. The van der Waals surface area contributed by atoms with E-state index < -0.39 is 0 Å². The van der Waals surface area contributed by atoms with Crippen LogP contribution in [0.15, 0.2) is 42.0 Å². The fourth-order valence-electron chi connectivity index (χ4n) is 4.15. The summed E-state index contributed by atoms with van der Waals surface area (Å²) >= 11 is 1.74. The molecule has 0 radical (unpaired) electrons. The summed E-state index contributed by atoms with van der Waals surface area (Å²) in [6, 6.07) is 0. The van der Waals surface area contributed by atoms with Gasteiger partial charge < -0.3 is 31.2 Å². The fraction of sp³-hybridized carbons (Fsp3) is 0.591. The molecule has 4 unspecified atom stereocenters. The average Bonchev–Trinajstić information content (AvgIpc) is 3.22. The molecule has 144 valence electrons. The van der Waals surface area contributed by atoms with Crippen LogP contribution in [-0.2, 0) is 23.3 Å². The SMILES string of the molecule is C1=CC2[CH-]C3CCCCC3C2C=C1.CCC1=[C-]CC=C1.C[Si](C)=[Zr+2].[Cl-].[Cl-]. The molecule has 0 aliphatic heterocycles. The van der Waals surface area contributed by atoms with Crippen LogP contribution in [0.5, 0.6) is 0 Å². The van der Waals surface area contributed by atoms with Crippen LogP contribution in [0.4, 0.5) is 0 Å². The summed E-state index contributed by atoms with van der Waals surface area (Å²) in [5.41, 5.74) is 1.57. The number of halogens is 2. The molecule has 0 N–H and O–H groups in total. The van der Waals surface area contributed by atoms with Crippen molar-refractivity contribution in [3.63, 3.8) is 0 Å². The van der Waals surface area contributed by atoms with E-state index in [2.05, 4.69) is 69.0 Å². The molecule has 2 saturated carbocycles. The Morgan fingerprint density at radius 2 is 1.81 bits per heavy atom. The topological polar surface area (TPSA) is 0 Å². The van der Waals surface area contributed by atoms with Gasteiger partial charge in [-0.05, 0) is 5.92 Å². The summed E-state index contributed by atoms with van der Waals surface area (Å²) in [5, 5.41) is 0. The smallest absolute Gasteiger partial charge is 1.00 e. The van der Waals surface area contributed by atoms with Crippen molar-refractivity contribution in [2.75, 3.05) is 0 Å². The summed E-state index contributed by atoms with van der Waals surface area (Å²) in [7, 11) is 0. The first kappa shape index (κ1) is 26.6. The Labute approximate surface area is 189 Å². The molecule has 0 aromatic heterocycles. The van der Waals surface area contributed by atoms with Crippen LogP contribution in [0.2, 0.25) is 13.1 Å². The number of fused-ring (bicyclic) bond motifs is 3. The molecule has 4 aliphatic carbocycles. The van der Waals surface area contributed by atoms with Crippen LogP contribution < -0.4 is 24.8 Å². The van der Waals surface area contributed by atoms with E-state index in [1.807, 2.05) is 0 Å². The monoisotopic (exact) mass is 484 g/mol. The van der Waals surface area contributed by atoms with Gasteiger partial charge in [0.25, 0.3) is 0 Å². The van der Waals surface area contributed by atoms with Gasteiger partial charge in [0.2, 0.25) is 0 Å². The minimum Gasteiger partial charge on any atom is -1.00 e. The van der Waals surface area contributed by atoms with Gasteiger partial charge >= 0.3 is 41.9 Å². The number of rotatable bonds is 1. The number of allylic oxidation sites excluding steroid dienone is 8. The van der Waals surface area contributed by atoms with Crippen LogP contribution in [0, 0.1) is 36.2 Å². The summed E-state index contributed by atoms with van der Waals surface area (Å²) < 4.78 is 0. The zero-order valence-corrected chi connectivity index (χ0v) is 21.3. The zero-order valence-electron chi connectivity index (χ0n) is 16.3. The number of hydrogen-bond acceptors (Lipinski definition) is 0. The third-order valence-electron chi connectivity index (χ3n) is 5.21. The average molecular weight is 487 g/mol. The van der Waals surface area contributed by atoms with Crippen LogP contribution >= 0.6 is 0 Å². The van der Waals surface area contributed by atoms with E-state index in [4.69, 9.17) is 0 Å². The molecule has 0 saturated heterocycles. The van der Waals surface area contributed by atoms with Gasteiger partial charge in [-0.1, -0.05) is 63.2 Å². The summed E-state index contributed by atoms with van der Waals surface area (Å²) in [6.07, 6.45) is 27.4. The van der Waals surface area contributed by atoms with Crippen molar-refractivity contribution in [2.45, 2.75) is 58.5 Å². The largest absolute Gasteiger partial charge is 1.00 e. The second-order valence-corrected chi connectivity index (χ2v) is 16.8. The van der Waals surface area contributed by atoms with Gasteiger partial charge in [-0.2, -0.15) is 12.0 Å². The molecule has 4 atom stereocenters. The van der Waals surface area contributed by atoms with Crippen molar-refractivity contribution in [2.24, 2.45) is 23.7 Å². The van der Waals surface area contributed by atoms with E-state index in [1.165, 1.54) is 31.3 Å². The first-order valence-corrected chi connectivity index (χ1v) is 15.8. The summed E-state index contributed by atoms with van der Waals surface area (Å²) in [5.74, 6) is 3.56. The maximum absolute atomic E-state index is 3.21. The van der Waals surface area contributed by atoms with Crippen LogP contribution in [0.25, 0.3) is 0 Å². The zero-order chi connectivity index (χ0) is 17.4. The third-order valence-corrected chi connectivity index (χ3v) is 5.21. The van der Waals surface area contributed by atoms with Gasteiger partial charge in [-0.3, -0.25) is 6.08 Å². The molecule has 0 aromatic carbocycles. The van der Waals surface area contributed by atoms with Gasteiger partial charge in [0.05, 0.1) is 0 Å². The Kier molecular flexibility index (Phi) is 15.0. The van der Waals surface area contributed by atoms with E-state index in [-0.39, 0.29) is 30.2 Å².